The molecule has 0 aromatic carbocycles. The van der Waals surface area contributed by atoms with Crippen molar-refractivity contribution in [1.29, 1.82) is 0 Å². The van der Waals surface area contributed by atoms with Gasteiger partial charge >= 0.3 is 0 Å². The second-order valence-electron chi connectivity index (χ2n) is 3.66. The normalized spacial score (nSPS) is 10.6. The quantitative estimate of drug-likeness (QED) is 0.934. The predicted molar refractivity (Wildman–Crippen MR) is 76.7 cm³/mol. The van der Waals surface area contributed by atoms with Gasteiger partial charge in [-0.25, -0.2) is 9.97 Å². The molecule has 5 heteroatoms. The maximum absolute atomic E-state index is 4.51. The zero-order valence-electron chi connectivity index (χ0n) is 10.0. The Morgan fingerprint density at radius 3 is 2.71 bits per heavy atom. The summed E-state index contributed by atoms with van der Waals surface area (Å²) < 4.78 is 0.927. The fourth-order valence-corrected chi connectivity index (χ4v) is 2.78. The highest BCUT2D eigenvalue weighted by Crippen LogP contribution is 2.30. The van der Waals surface area contributed by atoms with Crippen LogP contribution in [-0.4, -0.2) is 17.0 Å². The Morgan fingerprint density at radius 1 is 1.35 bits per heavy atom. The molecule has 0 saturated heterocycles. The van der Waals surface area contributed by atoms with Crippen molar-refractivity contribution in [3.8, 4) is 10.7 Å². The van der Waals surface area contributed by atoms with Gasteiger partial charge < -0.3 is 5.32 Å². The van der Waals surface area contributed by atoms with Gasteiger partial charge in [-0.3, -0.25) is 0 Å². The van der Waals surface area contributed by atoms with Gasteiger partial charge in [-0.15, -0.1) is 11.3 Å². The third-order valence-electron chi connectivity index (χ3n) is 2.48. The molecule has 0 aliphatic carbocycles. The van der Waals surface area contributed by atoms with Gasteiger partial charge in [-0.2, -0.15) is 0 Å². The third kappa shape index (κ3) is 2.50. The molecule has 0 aliphatic heterocycles. The molecule has 2 heterocycles. The fourth-order valence-electron chi connectivity index (χ4n) is 1.52. The van der Waals surface area contributed by atoms with Crippen LogP contribution in [0.2, 0.25) is 0 Å². The Hall–Kier alpha value is -0.940. The minimum absolute atomic E-state index is 0.791. The maximum Gasteiger partial charge on any atom is 0.171 e. The summed E-state index contributed by atoms with van der Waals surface area (Å²) in [5, 5.41) is 3.07. The lowest BCUT2D eigenvalue weighted by Crippen LogP contribution is -1.99. The van der Waals surface area contributed by atoms with Crippen LogP contribution in [0.1, 0.15) is 17.5 Å². The first-order valence-electron chi connectivity index (χ1n) is 5.46. The molecule has 2 aromatic heterocycles. The van der Waals surface area contributed by atoms with Crippen molar-refractivity contribution < 1.29 is 0 Å². The Labute approximate surface area is 113 Å². The van der Waals surface area contributed by atoms with Crippen LogP contribution in [0, 0.1) is 6.92 Å². The van der Waals surface area contributed by atoms with Gasteiger partial charge in [0.15, 0.2) is 5.82 Å². The zero-order valence-corrected chi connectivity index (χ0v) is 12.4. The molecule has 17 heavy (non-hydrogen) atoms. The lowest BCUT2D eigenvalue weighted by Gasteiger charge is -2.07. The molecule has 0 atom stereocenters. The predicted octanol–water partition coefficient (Wildman–Crippen LogP) is 3.88. The average molecular weight is 312 g/mol. The molecule has 0 spiro atoms. The first-order valence-corrected chi connectivity index (χ1v) is 7.07. The molecule has 0 saturated carbocycles. The summed E-state index contributed by atoms with van der Waals surface area (Å²) in [7, 11) is 1.86. The lowest BCUT2D eigenvalue weighted by atomic mass is 10.3. The second-order valence-corrected chi connectivity index (χ2v) is 5.63. The number of nitrogens with one attached hydrogen (secondary N) is 1. The van der Waals surface area contributed by atoms with E-state index in [1.807, 2.05) is 14.0 Å². The van der Waals surface area contributed by atoms with Crippen molar-refractivity contribution in [3.05, 3.63) is 27.2 Å². The van der Waals surface area contributed by atoms with Crippen LogP contribution in [0.15, 0.2) is 16.6 Å². The SMILES string of the molecule is CCc1ccc(-c2nc(C)c(Br)c(NC)n2)s1. The van der Waals surface area contributed by atoms with Crippen molar-refractivity contribution in [2.24, 2.45) is 0 Å². The molecule has 0 fully saturated rings. The summed E-state index contributed by atoms with van der Waals surface area (Å²) in [6.07, 6.45) is 1.05. The van der Waals surface area contributed by atoms with Crippen molar-refractivity contribution in [2.45, 2.75) is 20.3 Å². The minimum Gasteiger partial charge on any atom is -0.372 e. The molecule has 0 amide bonds. The van der Waals surface area contributed by atoms with E-state index >= 15 is 0 Å². The molecule has 3 nitrogen and oxygen atoms in total. The van der Waals surface area contributed by atoms with Gasteiger partial charge in [0.05, 0.1) is 15.0 Å². The molecule has 0 bridgehead atoms. The zero-order chi connectivity index (χ0) is 12.4. The third-order valence-corrected chi connectivity index (χ3v) is 4.66. The lowest BCUT2D eigenvalue weighted by molar-refractivity contribution is 1.10. The maximum atomic E-state index is 4.51. The Kier molecular flexibility index (Phi) is 3.79. The number of thiophene rings is 1. The van der Waals surface area contributed by atoms with E-state index in [9.17, 15) is 0 Å². The smallest absolute Gasteiger partial charge is 0.171 e. The number of rotatable bonds is 3. The van der Waals surface area contributed by atoms with Crippen LogP contribution in [0.25, 0.3) is 10.7 Å². The highest BCUT2D eigenvalue weighted by molar-refractivity contribution is 9.10. The Balaban J connectivity index is 2.48. The Bertz CT molecular complexity index is 537. The molecule has 0 unspecified atom stereocenters. The van der Waals surface area contributed by atoms with Gasteiger partial charge in [0.1, 0.15) is 5.82 Å². The van der Waals surface area contributed by atoms with Crippen LogP contribution in [0.4, 0.5) is 5.82 Å². The van der Waals surface area contributed by atoms with Crippen molar-refractivity contribution in [1.82, 2.24) is 9.97 Å². The number of hydrogen-bond acceptors (Lipinski definition) is 4. The van der Waals surface area contributed by atoms with Crippen molar-refractivity contribution in [3.63, 3.8) is 0 Å². The van der Waals surface area contributed by atoms with Gasteiger partial charge in [-0.1, -0.05) is 6.92 Å². The van der Waals surface area contributed by atoms with E-state index in [1.54, 1.807) is 11.3 Å². The van der Waals surface area contributed by atoms with Crippen LogP contribution in [-0.2, 0) is 6.42 Å². The summed E-state index contributed by atoms with van der Waals surface area (Å²) >= 11 is 5.23. The van der Waals surface area contributed by atoms with E-state index in [1.165, 1.54) is 4.88 Å². The molecule has 0 radical (unpaired) electrons. The van der Waals surface area contributed by atoms with Gasteiger partial charge in [-0.05, 0) is 41.4 Å². The monoisotopic (exact) mass is 311 g/mol. The number of aromatic nitrogens is 2. The van der Waals surface area contributed by atoms with Crippen LogP contribution >= 0.6 is 27.3 Å². The number of anilines is 1. The van der Waals surface area contributed by atoms with Crippen LogP contribution in [0.5, 0.6) is 0 Å². The van der Waals surface area contributed by atoms with Crippen LogP contribution < -0.4 is 5.32 Å². The summed E-state index contributed by atoms with van der Waals surface area (Å²) in [6, 6.07) is 4.23. The highest BCUT2D eigenvalue weighted by Gasteiger charge is 2.11. The van der Waals surface area contributed by atoms with Gasteiger partial charge in [0.25, 0.3) is 0 Å². The average Bonchev–Trinajstić information content (AvgIpc) is 2.81. The molecule has 0 aliphatic rings. The first kappa shape index (κ1) is 12.5. The molecule has 1 N–H and O–H groups in total. The van der Waals surface area contributed by atoms with Gasteiger partial charge in [0.2, 0.25) is 0 Å². The standard InChI is InChI=1S/C12H14BrN3S/c1-4-8-5-6-9(17-8)11-15-7(2)10(13)12(14-3)16-11/h5-6H,4H2,1-3H3,(H,14,15,16). The molecular weight excluding hydrogens is 298 g/mol. The molecule has 2 rings (SSSR count). The molecule has 2 aromatic rings. The minimum atomic E-state index is 0.791. The van der Waals surface area contributed by atoms with E-state index in [4.69, 9.17) is 0 Å². The van der Waals surface area contributed by atoms with Crippen LogP contribution in [0.3, 0.4) is 0 Å². The first-order chi connectivity index (χ1) is 8.15. The van der Waals surface area contributed by atoms with E-state index in [0.29, 0.717) is 0 Å². The summed E-state index contributed by atoms with van der Waals surface area (Å²) in [4.78, 5) is 11.5. The van der Waals surface area contributed by atoms with Crippen molar-refractivity contribution in [2.75, 3.05) is 12.4 Å². The summed E-state index contributed by atoms with van der Waals surface area (Å²) in [5.41, 5.74) is 0.950. The Morgan fingerprint density at radius 2 is 2.12 bits per heavy atom. The summed E-state index contributed by atoms with van der Waals surface area (Å²) in [5.74, 6) is 1.62. The second kappa shape index (κ2) is 5.14. The van der Waals surface area contributed by atoms with Gasteiger partial charge in [0, 0.05) is 11.9 Å². The number of halogens is 1. The molecule has 90 valence electrons. The van der Waals surface area contributed by atoms with E-state index in [0.717, 1.165) is 33.1 Å². The number of nitrogens with zero attached hydrogens (tertiary/aromatic N) is 2. The van der Waals surface area contributed by atoms with Crippen molar-refractivity contribution >= 4 is 33.1 Å². The van der Waals surface area contributed by atoms with E-state index in [-0.39, 0.29) is 0 Å². The fraction of sp³-hybridized carbons (Fsp3) is 0.333. The van der Waals surface area contributed by atoms with E-state index in [2.05, 4.69) is 50.3 Å². The topological polar surface area (TPSA) is 37.8 Å². The number of hydrogen-bond donors (Lipinski definition) is 1. The number of aryl methyl sites for hydroxylation is 2. The van der Waals surface area contributed by atoms with E-state index < -0.39 is 0 Å². The summed E-state index contributed by atoms with van der Waals surface area (Å²) in [6.45, 7) is 4.13. The highest BCUT2D eigenvalue weighted by atomic mass is 79.9. The molecular formula is C12H14BrN3S. The largest absolute Gasteiger partial charge is 0.372 e.